The van der Waals surface area contributed by atoms with Gasteiger partial charge in [-0.2, -0.15) is 0 Å². The lowest BCUT2D eigenvalue weighted by Crippen LogP contribution is -2.15. The van der Waals surface area contributed by atoms with Gasteiger partial charge in [0.05, 0.1) is 12.6 Å². The standard InChI is InChI=1S/C16H18FNO/c1-11-3-5-13(6-4-11)16(10-19)18-15-8-12(2)7-14(17)9-15/h3-9,16,18-19H,10H2,1-2H3. The lowest BCUT2D eigenvalue weighted by Gasteiger charge is -2.18. The van der Waals surface area contributed by atoms with E-state index >= 15 is 0 Å². The van der Waals surface area contributed by atoms with Crippen LogP contribution in [0, 0.1) is 19.7 Å². The van der Waals surface area contributed by atoms with Gasteiger partial charge in [0.2, 0.25) is 0 Å². The third-order valence-electron chi connectivity index (χ3n) is 3.05. The highest BCUT2D eigenvalue weighted by atomic mass is 19.1. The minimum Gasteiger partial charge on any atom is -0.394 e. The van der Waals surface area contributed by atoms with E-state index in [4.69, 9.17) is 0 Å². The summed E-state index contributed by atoms with van der Waals surface area (Å²) in [5, 5.41) is 12.6. The molecule has 2 aromatic carbocycles. The minimum atomic E-state index is -0.275. The molecular formula is C16H18FNO. The summed E-state index contributed by atoms with van der Waals surface area (Å²) >= 11 is 0. The fraction of sp³-hybridized carbons (Fsp3) is 0.250. The zero-order chi connectivity index (χ0) is 13.8. The van der Waals surface area contributed by atoms with Crippen LogP contribution in [-0.4, -0.2) is 11.7 Å². The third-order valence-corrected chi connectivity index (χ3v) is 3.05. The molecule has 0 fully saturated rings. The van der Waals surface area contributed by atoms with Gasteiger partial charge in [-0.15, -0.1) is 0 Å². The Labute approximate surface area is 112 Å². The van der Waals surface area contributed by atoms with E-state index in [0.717, 1.165) is 11.1 Å². The van der Waals surface area contributed by atoms with Crippen LogP contribution in [0.4, 0.5) is 10.1 Å². The first-order chi connectivity index (χ1) is 9.08. The summed E-state index contributed by atoms with van der Waals surface area (Å²) in [5.74, 6) is -0.275. The molecule has 1 unspecified atom stereocenters. The van der Waals surface area contributed by atoms with Crippen molar-refractivity contribution < 1.29 is 9.50 Å². The summed E-state index contributed by atoms with van der Waals surface area (Å²) in [6.07, 6.45) is 0. The van der Waals surface area contributed by atoms with Crippen LogP contribution in [-0.2, 0) is 0 Å². The van der Waals surface area contributed by atoms with Crippen molar-refractivity contribution in [2.24, 2.45) is 0 Å². The lowest BCUT2D eigenvalue weighted by molar-refractivity contribution is 0.276. The number of nitrogens with one attached hydrogen (secondary N) is 1. The van der Waals surface area contributed by atoms with Gasteiger partial charge in [-0.3, -0.25) is 0 Å². The van der Waals surface area contributed by atoms with Crippen LogP contribution in [0.25, 0.3) is 0 Å². The summed E-state index contributed by atoms with van der Waals surface area (Å²) in [5.41, 5.74) is 3.68. The van der Waals surface area contributed by atoms with Gasteiger partial charge in [-0.1, -0.05) is 29.8 Å². The Bertz CT molecular complexity index is 531. The molecule has 0 spiro atoms. The SMILES string of the molecule is Cc1ccc(C(CO)Nc2cc(C)cc(F)c2)cc1. The number of aliphatic hydroxyl groups excluding tert-OH is 1. The molecule has 0 saturated carbocycles. The maximum Gasteiger partial charge on any atom is 0.125 e. The van der Waals surface area contributed by atoms with E-state index < -0.39 is 0 Å². The highest BCUT2D eigenvalue weighted by Crippen LogP contribution is 2.21. The highest BCUT2D eigenvalue weighted by Gasteiger charge is 2.10. The Kier molecular flexibility index (Phi) is 4.17. The highest BCUT2D eigenvalue weighted by molar-refractivity contribution is 5.48. The number of anilines is 1. The van der Waals surface area contributed by atoms with Crippen molar-refractivity contribution in [3.05, 3.63) is 65.0 Å². The molecule has 0 aliphatic heterocycles. The van der Waals surface area contributed by atoms with Crippen LogP contribution in [0.2, 0.25) is 0 Å². The van der Waals surface area contributed by atoms with Gasteiger partial charge in [-0.25, -0.2) is 4.39 Å². The second-order valence-electron chi connectivity index (χ2n) is 4.81. The molecule has 2 rings (SSSR count). The fourth-order valence-corrected chi connectivity index (χ4v) is 2.05. The molecule has 0 heterocycles. The Morgan fingerprint density at radius 2 is 1.74 bits per heavy atom. The zero-order valence-electron chi connectivity index (χ0n) is 11.2. The molecule has 0 bridgehead atoms. The van der Waals surface area contributed by atoms with E-state index in [9.17, 15) is 9.50 Å². The molecule has 19 heavy (non-hydrogen) atoms. The molecule has 0 amide bonds. The van der Waals surface area contributed by atoms with E-state index in [1.54, 1.807) is 0 Å². The van der Waals surface area contributed by atoms with Crippen molar-refractivity contribution in [1.29, 1.82) is 0 Å². The maximum atomic E-state index is 13.3. The Balaban J connectivity index is 2.21. The third kappa shape index (κ3) is 3.55. The van der Waals surface area contributed by atoms with Crippen LogP contribution >= 0.6 is 0 Å². The molecule has 1 atom stereocenters. The number of aliphatic hydroxyl groups is 1. The van der Waals surface area contributed by atoms with Crippen LogP contribution in [0.5, 0.6) is 0 Å². The first-order valence-corrected chi connectivity index (χ1v) is 6.29. The minimum absolute atomic E-state index is 0.0430. The average molecular weight is 259 g/mol. The fourth-order valence-electron chi connectivity index (χ4n) is 2.05. The molecule has 100 valence electrons. The summed E-state index contributed by atoms with van der Waals surface area (Å²) in [4.78, 5) is 0. The van der Waals surface area contributed by atoms with Crippen molar-refractivity contribution >= 4 is 5.69 Å². The number of halogens is 1. The molecule has 0 radical (unpaired) electrons. The molecule has 0 saturated heterocycles. The Hall–Kier alpha value is -1.87. The van der Waals surface area contributed by atoms with Gasteiger partial charge in [0.25, 0.3) is 0 Å². The van der Waals surface area contributed by atoms with E-state index in [-0.39, 0.29) is 18.5 Å². The van der Waals surface area contributed by atoms with E-state index in [1.165, 1.54) is 17.7 Å². The molecule has 0 aromatic heterocycles. The van der Waals surface area contributed by atoms with Crippen molar-refractivity contribution in [3.8, 4) is 0 Å². The van der Waals surface area contributed by atoms with Crippen molar-refractivity contribution in [3.63, 3.8) is 0 Å². The quantitative estimate of drug-likeness (QED) is 0.879. The summed E-state index contributed by atoms with van der Waals surface area (Å²) in [6, 6.07) is 12.5. The van der Waals surface area contributed by atoms with Crippen LogP contribution in [0.1, 0.15) is 22.7 Å². The van der Waals surface area contributed by atoms with E-state index in [0.29, 0.717) is 5.69 Å². The Morgan fingerprint density at radius 1 is 1.05 bits per heavy atom. The van der Waals surface area contributed by atoms with E-state index in [2.05, 4.69) is 5.32 Å². The van der Waals surface area contributed by atoms with Crippen LogP contribution in [0.3, 0.4) is 0 Å². The average Bonchev–Trinajstić information content (AvgIpc) is 2.36. The number of aryl methyl sites for hydroxylation is 2. The van der Waals surface area contributed by atoms with Gasteiger partial charge < -0.3 is 10.4 Å². The summed E-state index contributed by atoms with van der Waals surface area (Å²) < 4.78 is 13.3. The van der Waals surface area contributed by atoms with E-state index in [1.807, 2.05) is 44.2 Å². The first-order valence-electron chi connectivity index (χ1n) is 6.29. The summed E-state index contributed by atoms with van der Waals surface area (Å²) in [7, 11) is 0. The monoisotopic (exact) mass is 259 g/mol. The van der Waals surface area contributed by atoms with Crippen molar-refractivity contribution in [2.45, 2.75) is 19.9 Å². The molecular weight excluding hydrogens is 241 g/mol. The summed E-state index contributed by atoms with van der Waals surface area (Å²) in [6.45, 7) is 3.81. The molecule has 2 N–H and O–H groups in total. The predicted molar refractivity (Wildman–Crippen MR) is 75.8 cm³/mol. The molecule has 0 aliphatic carbocycles. The van der Waals surface area contributed by atoms with Crippen LogP contribution in [0.15, 0.2) is 42.5 Å². The van der Waals surface area contributed by atoms with Gasteiger partial charge >= 0.3 is 0 Å². The van der Waals surface area contributed by atoms with Gasteiger partial charge in [0.1, 0.15) is 5.82 Å². The lowest BCUT2D eigenvalue weighted by atomic mass is 10.1. The molecule has 2 nitrogen and oxygen atoms in total. The topological polar surface area (TPSA) is 32.3 Å². The van der Waals surface area contributed by atoms with Crippen molar-refractivity contribution in [2.75, 3.05) is 11.9 Å². The first kappa shape index (κ1) is 13.6. The molecule has 0 aliphatic rings. The van der Waals surface area contributed by atoms with Gasteiger partial charge in [-0.05, 0) is 43.2 Å². The number of hydrogen-bond acceptors (Lipinski definition) is 2. The number of rotatable bonds is 4. The zero-order valence-corrected chi connectivity index (χ0v) is 11.2. The number of benzene rings is 2. The maximum absolute atomic E-state index is 13.3. The van der Waals surface area contributed by atoms with Gasteiger partial charge in [0, 0.05) is 5.69 Å². The second-order valence-corrected chi connectivity index (χ2v) is 4.81. The second kappa shape index (κ2) is 5.85. The smallest absolute Gasteiger partial charge is 0.125 e. The molecule has 2 aromatic rings. The Morgan fingerprint density at radius 3 is 2.32 bits per heavy atom. The van der Waals surface area contributed by atoms with Crippen molar-refractivity contribution in [1.82, 2.24) is 0 Å². The number of hydrogen-bond donors (Lipinski definition) is 2. The van der Waals surface area contributed by atoms with Gasteiger partial charge in [0.15, 0.2) is 0 Å². The molecule has 3 heteroatoms. The van der Waals surface area contributed by atoms with Crippen LogP contribution < -0.4 is 5.32 Å². The largest absolute Gasteiger partial charge is 0.394 e. The predicted octanol–water partition coefficient (Wildman–Crippen LogP) is 3.59. The normalized spacial score (nSPS) is 12.2.